The summed E-state index contributed by atoms with van der Waals surface area (Å²) in [7, 11) is 3.02. The van der Waals surface area contributed by atoms with Crippen molar-refractivity contribution in [2.24, 2.45) is 0 Å². The van der Waals surface area contributed by atoms with Crippen LogP contribution in [0.25, 0.3) is 10.9 Å². The number of nitrogens with one attached hydrogen (secondary N) is 1. The minimum absolute atomic E-state index is 0.0388. The maximum Gasteiger partial charge on any atom is 0.258 e. The van der Waals surface area contributed by atoms with Crippen LogP contribution in [0.15, 0.2) is 23.3 Å². The summed E-state index contributed by atoms with van der Waals surface area (Å²) in [6.07, 6.45) is 7.35. The molecule has 7 heteroatoms. The van der Waals surface area contributed by atoms with Crippen molar-refractivity contribution < 1.29 is 14.3 Å². The minimum Gasteiger partial charge on any atom is -0.481 e. The Bertz CT molecular complexity index is 858. The number of hydrogen-bond donors (Lipinski definition) is 1. The standard InChI is InChI=1S/C20H29N3O4/c1-6-7-8-9-20(2,3)23-12-15(19(25)22-13-26-4)18(24)14-11-21-17(27-5)10-16(14)23/h10-12H,6-9,13H2,1-5H3,(H,22,25). The second-order valence-electron chi connectivity index (χ2n) is 7.19. The van der Waals surface area contributed by atoms with Crippen molar-refractivity contribution in [1.82, 2.24) is 14.9 Å². The van der Waals surface area contributed by atoms with Gasteiger partial charge < -0.3 is 19.4 Å². The lowest BCUT2D eigenvalue weighted by molar-refractivity contribution is 0.0870. The second-order valence-corrected chi connectivity index (χ2v) is 7.19. The summed E-state index contributed by atoms with van der Waals surface area (Å²) in [6.45, 7) is 6.42. The molecule has 0 bridgehead atoms. The van der Waals surface area contributed by atoms with Crippen LogP contribution in [0.1, 0.15) is 56.8 Å². The van der Waals surface area contributed by atoms with Crippen LogP contribution in [-0.4, -0.2) is 36.4 Å². The molecule has 0 atom stereocenters. The maximum atomic E-state index is 12.9. The van der Waals surface area contributed by atoms with Gasteiger partial charge in [0.25, 0.3) is 5.91 Å². The van der Waals surface area contributed by atoms with E-state index < -0.39 is 5.91 Å². The highest BCUT2D eigenvalue weighted by molar-refractivity contribution is 5.97. The number of methoxy groups -OCH3 is 2. The highest BCUT2D eigenvalue weighted by Crippen LogP contribution is 2.28. The molecule has 148 valence electrons. The lowest BCUT2D eigenvalue weighted by Crippen LogP contribution is -2.34. The van der Waals surface area contributed by atoms with Crippen molar-refractivity contribution in [3.8, 4) is 5.88 Å². The predicted octanol–water partition coefficient (Wildman–Crippen LogP) is 3.05. The number of aromatic nitrogens is 2. The van der Waals surface area contributed by atoms with Crippen LogP contribution in [0.3, 0.4) is 0 Å². The summed E-state index contributed by atoms with van der Waals surface area (Å²) in [4.78, 5) is 29.5. The summed E-state index contributed by atoms with van der Waals surface area (Å²) >= 11 is 0. The Morgan fingerprint density at radius 1 is 1.30 bits per heavy atom. The van der Waals surface area contributed by atoms with Gasteiger partial charge in [0.1, 0.15) is 12.3 Å². The Morgan fingerprint density at radius 2 is 2.04 bits per heavy atom. The van der Waals surface area contributed by atoms with Gasteiger partial charge in [-0.15, -0.1) is 0 Å². The molecule has 0 aliphatic carbocycles. The molecule has 27 heavy (non-hydrogen) atoms. The zero-order chi connectivity index (χ0) is 20.0. The van der Waals surface area contributed by atoms with Gasteiger partial charge in [-0.05, 0) is 20.3 Å². The summed E-state index contributed by atoms with van der Waals surface area (Å²) in [5.74, 6) is -0.0331. The van der Waals surface area contributed by atoms with Gasteiger partial charge in [-0.1, -0.05) is 26.2 Å². The van der Waals surface area contributed by atoms with Crippen molar-refractivity contribution >= 4 is 16.8 Å². The van der Waals surface area contributed by atoms with E-state index in [-0.39, 0.29) is 23.3 Å². The molecule has 2 heterocycles. The monoisotopic (exact) mass is 375 g/mol. The van der Waals surface area contributed by atoms with Crippen molar-refractivity contribution in [1.29, 1.82) is 0 Å². The molecule has 0 aliphatic heterocycles. The normalized spacial score (nSPS) is 11.6. The third-order valence-electron chi connectivity index (χ3n) is 4.74. The number of unbranched alkanes of at least 4 members (excludes halogenated alkanes) is 2. The van der Waals surface area contributed by atoms with Gasteiger partial charge in [0.2, 0.25) is 11.3 Å². The Morgan fingerprint density at radius 3 is 2.67 bits per heavy atom. The van der Waals surface area contributed by atoms with Crippen molar-refractivity contribution in [3.05, 3.63) is 34.2 Å². The average Bonchev–Trinajstić information content (AvgIpc) is 2.65. The molecule has 0 aromatic carbocycles. The highest BCUT2D eigenvalue weighted by atomic mass is 16.5. The third-order valence-corrected chi connectivity index (χ3v) is 4.74. The second kappa shape index (κ2) is 8.99. The first-order valence-electron chi connectivity index (χ1n) is 9.22. The first-order valence-corrected chi connectivity index (χ1v) is 9.22. The van der Waals surface area contributed by atoms with Crippen molar-refractivity contribution in [2.45, 2.75) is 52.0 Å². The molecule has 7 nitrogen and oxygen atoms in total. The zero-order valence-corrected chi connectivity index (χ0v) is 16.8. The van der Waals surface area contributed by atoms with Crippen LogP contribution in [0, 0.1) is 0 Å². The molecule has 0 unspecified atom stereocenters. The highest BCUT2D eigenvalue weighted by Gasteiger charge is 2.25. The fraction of sp³-hybridized carbons (Fsp3) is 0.550. The Hall–Kier alpha value is -2.41. The molecule has 0 fully saturated rings. The first kappa shape index (κ1) is 20.9. The van der Waals surface area contributed by atoms with Crippen molar-refractivity contribution in [2.75, 3.05) is 21.0 Å². The van der Waals surface area contributed by atoms with Gasteiger partial charge in [0, 0.05) is 31.1 Å². The topological polar surface area (TPSA) is 82.5 Å². The van der Waals surface area contributed by atoms with E-state index in [0.717, 1.165) is 25.7 Å². The number of ether oxygens (including phenoxy) is 2. The van der Waals surface area contributed by atoms with Crippen LogP contribution in [0.4, 0.5) is 0 Å². The Kier molecular flexibility index (Phi) is 6.96. The largest absolute Gasteiger partial charge is 0.481 e. The Labute approximate surface area is 159 Å². The molecule has 2 aromatic rings. The fourth-order valence-electron chi connectivity index (χ4n) is 3.14. The number of pyridine rings is 2. The first-order chi connectivity index (χ1) is 12.9. The number of carbonyl (C=O) groups is 1. The van der Waals surface area contributed by atoms with Gasteiger partial charge in [-0.3, -0.25) is 9.59 Å². The summed E-state index contributed by atoms with van der Waals surface area (Å²) in [5, 5.41) is 2.98. The molecule has 0 aliphatic rings. The fourth-order valence-corrected chi connectivity index (χ4v) is 3.14. The SMILES string of the molecule is CCCCCC(C)(C)n1cc(C(=O)NCOC)c(=O)c2cnc(OC)cc21. The van der Waals surface area contributed by atoms with E-state index in [0.29, 0.717) is 16.8 Å². The average molecular weight is 375 g/mol. The van der Waals surface area contributed by atoms with E-state index in [1.54, 1.807) is 12.3 Å². The number of hydrogen-bond acceptors (Lipinski definition) is 5. The van der Waals surface area contributed by atoms with Crippen LogP contribution >= 0.6 is 0 Å². The maximum absolute atomic E-state index is 12.9. The number of fused-ring (bicyclic) bond motifs is 1. The molecule has 0 spiro atoms. The van der Waals surface area contributed by atoms with Crippen LogP contribution < -0.4 is 15.5 Å². The minimum atomic E-state index is -0.460. The summed E-state index contributed by atoms with van der Waals surface area (Å²) in [5.41, 5.74) is 0.144. The van der Waals surface area contributed by atoms with E-state index in [9.17, 15) is 9.59 Å². The summed E-state index contributed by atoms with van der Waals surface area (Å²) < 4.78 is 12.1. The van der Waals surface area contributed by atoms with E-state index in [1.165, 1.54) is 20.4 Å². The summed E-state index contributed by atoms with van der Waals surface area (Å²) in [6, 6.07) is 1.75. The number of nitrogens with zero attached hydrogens (tertiary/aromatic N) is 2. The molecule has 0 saturated heterocycles. The van der Waals surface area contributed by atoms with Crippen molar-refractivity contribution in [3.63, 3.8) is 0 Å². The molecular weight excluding hydrogens is 346 g/mol. The van der Waals surface area contributed by atoms with Crippen LogP contribution in [0.5, 0.6) is 5.88 Å². The van der Waals surface area contributed by atoms with Crippen LogP contribution in [0.2, 0.25) is 0 Å². The van der Waals surface area contributed by atoms with Gasteiger partial charge in [-0.2, -0.15) is 0 Å². The number of amides is 1. The van der Waals surface area contributed by atoms with E-state index in [4.69, 9.17) is 9.47 Å². The van der Waals surface area contributed by atoms with Gasteiger partial charge >= 0.3 is 0 Å². The van der Waals surface area contributed by atoms with Gasteiger partial charge in [0.05, 0.1) is 18.0 Å². The molecule has 1 amide bonds. The van der Waals surface area contributed by atoms with E-state index in [2.05, 4.69) is 31.1 Å². The third kappa shape index (κ3) is 4.66. The lowest BCUT2D eigenvalue weighted by atomic mass is 9.95. The van der Waals surface area contributed by atoms with Gasteiger partial charge in [-0.25, -0.2) is 4.98 Å². The predicted molar refractivity (Wildman–Crippen MR) is 105 cm³/mol. The molecule has 2 aromatic heterocycles. The lowest BCUT2D eigenvalue weighted by Gasteiger charge is -2.31. The van der Waals surface area contributed by atoms with Crippen LogP contribution in [-0.2, 0) is 10.3 Å². The van der Waals surface area contributed by atoms with E-state index in [1.807, 2.05) is 4.57 Å². The molecular formula is C20H29N3O4. The molecule has 1 N–H and O–H groups in total. The molecule has 0 radical (unpaired) electrons. The smallest absolute Gasteiger partial charge is 0.258 e. The zero-order valence-electron chi connectivity index (χ0n) is 16.8. The molecule has 0 saturated carbocycles. The molecule has 2 rings (SSSR count). The van der Waals surface area contributed by atoms with E-state index >= 15 is 0 Å². The number of rotatable bonds is 9. The Balaban J connectivity index is 2.65. The quantitative estimate of drug-likeness (QED) is 0.538. The number of carbonyl (C=O) groups excluding carboxylic acids is 1. The van der Waals surface area contributed by atoms with Gasteiger partial charge in [0.15, 0.2) is 0 Å².